The van der Waals surface area contributed by atoms with Gasteiger partial charge in [0.05, 0.1) is 11.9 Å². The second-order valence-corrected chi connectivity index (χ2v) is 6.33. The van der Waals surface area contributed by atoms with Crippen molar-refractivity contribution in [2.24, 2.45) is 5.92 Å². The van der Waals surface area contributed by atoms with E-state index < -0.39 is 6.61 Å². The van der Waals surface area contributed by atoms with Crippen LogP contribution >= 0.6 is 0 Å². The topological polar surface area (TPSA) is 50.3 Å². The van der Waals surface area contributed by atoms with Crippen molar-refractivity contribution in [2.75, 3.05) is 18.4 Å². The average molecular weight is 348 g/mol. The molecule has 0 aromatic carbocycles. The van der Waals surface area contributed by atoms with E-state index in [4.69, 9.17) is 0 Å². The molecule has 2 aromatic heterocycles. The highest BCUT2D eigenvalue weighted by Crippen LogP contribution is 2.22. The van der Waals surface area contributed by atoms with E-state index in [0.717, 1.165) is 31.7 Å². The van der Waals surface area contributed by atoms with E-state index in [9.17, 15) is 8.78 Å². The molecule has 0 bridgehead atoms. The lowest BCUT2D eigenvalue weighted by Crippen LogP contribution is -2.45. The van der Waals surface area contributed by atoms with Gasteiger partial charge in [-0.05, 0) is 36.6 Å². The van der Waals surface area contributed by atoms with Gasteiger partial charge in [0.2, 0.25) is 0 Å². The van der Waals surface area contributed by atoms with Crippen molar-refractivity contribution in [2.45, 2.75) is 32.5 Å². The zero-order valence-corrected chi connectivity index (χ0v) is 14.1. The molecule has 2 atom stereocenters. The minimum atomic E-state index is -2.83. The molecule has 3 rings (SSSR count). The lowest BCUT2D eigenvalue weighted by atomic mass is 9.93. The summed E-state index contributed by atoms with van der Waals surface area (Å²) in [5, 5.41) is 3.40. The summed E-state index contributed by atoms with van der Waals surface area (Å²) >= 11 is 0. The normalized spacial score (nSPS) is 21.3. The smallest absolute Gasteiger partial charge is 0.387 e. The molecule has 0 aliphatic carbocycles. The second-order valence-electron chi connectivity index (χ2n) is 6.33. The van der Waals surface area contributed by atoms with Crippen LogP contribution in [0.25, 0.3) is 0 Å². The molecule has 0 amide bonds. The molecule has 25 heavy (non-hydrogen) atoms. The van der Waals surface area contributed by atoms with Gasteiger partial charge in [-0.25, -0.2) is 4.98 Å². The standard InChI is InChI=1S/C18H22F2N4O/c1-13-11-24(12-14-4-2-3-8-21-14)9-7-16(13)23-17-6-5-15(10-22-17)25-18(19)20/h2-6,8,10,13,16,18H,7,9,11-12H2,1H3,(H,22,23)/t13-,16-/m1/s1. The molecule has 5 nitrogen and oxygen atoms in total. The molecule has 7 heteroatoms. The van der Waals surface area contributed by atoms with Crippen LogP contribution in [-0.4, -0.2) is 40.6 Å². The van der Waals surface area contributed by atoms with Gasteiger partial charge in [0.1, 0.15) is 11.6 Å². The van der Waals surface area contributed by atoms with E-state index in [1.165, 1.54) is 12.3 Å². The first-order valence-corrected chi connectivity index (χ1v) is 8.40. The summed E-state index contributed by atoms with van der Waals surface area (Å²) in [6, 6.07) is 9.45. The number of nitrogens with zero attached hydrogens (tertiary/aromatic N) is 3. The molecule has 1 fully saturated rings. The van der Waals surface area contributed by atoms with Gasteiger partial charge in [-0.3, -0.25) is 9.88 Å². The molecule has 0 spiro atoms. The fraction of sp³-hybridized carbons (Fsp3) is 0.444. The lowest BCUT2D eigenvalue weighted by molar-refractivity contribution is -0.0500. The van der Waals surface area contributed by atoms with Gasteiger partial charge in [0.15, 0.2) is 0 Å². The first-order chi connectivity index (χ1) is 12.1. The Kier molecular flexibility index (Phi) is 5.75. The minimum absolute atomic E-state index is 0.0683. The highest BCUT2D eigenvalue weighted by Gasteiger charge is 2.26. The van der Waals surface area contributed by atoms with E-state index in [1.54, 1.807) is 6.07 Å². The summed E-state index contributed by atoms with van der Waals surface area (Å²) in [6.07, 6.45) is 4.13. The maximum atomic E-state index is 12.2. The summed E-state index contributed by atoms with van der Waals surface area (Å²) in [4.78, 5) is 10.9. The van der Waals surface area contributed by atoms with Crippen molar-refractivity contribution in [1.29, 1.82) is 0 Å². The van der Waals surface area contributed by atoms with E-state index in [0.29, 0.717) is 17.8 Å². The van der Waals surface area contributed by atoms with Crippen molar-refractivity contribution >= 4 is 5.82 Å². The number of alkyl halides is 2. The molecule has 1 saturated heterocycles. The number of hydrogen-bond donors (Lipinski definition) is 1. The molecule has 0 radical (unpaired) electrons. The zero-order chi connectivity index (χ0) is 17.6. The molecule has 3 heterocycles. The Balaban J connectivity index is 1.51. The molecule has 2 aromatic rings. The predicted octanol–water partition coefficient (Wildman–Crippen LogP) is 3.40. The zero-order valence-electron chi connectivity index (χ0n) is 14.1. The predicted molar refractivity (Wildman–Crippen MR) is 91.6 cm³/mol. The minimum Gasteiger partial charge on any atom is -0.433 e. The number of pyridine rings is 2. The summed E-state index contributed by atoms with van der Waals surface area (Å²) < 4.78 is 28.6. The van der Waals surface area contributed by atoms with Crippen LogP contribution in [0.1, 0.15) is 19.0 Å². The third-order valence-electron chi connectivity index (χ3n) is 4.40. The fourth-order valence-electron chi connectivity index (χ4n) is 3.14. The van der Waals surface area contributed by atoms with Crippen LogP contribution < -0.4 is 10.1 Å². The van der Waals surface area contributed by atoms with Crippen molar-refractivity contribution in [3.63, 3.8) is 0 Å². The van der Waals surface area contributed by atoms with Gasteiger partial charge in [-0.15, -0.1) is 0 Å². The molecular formula is C18H22F2N4O. The Bertz CT molecular complexity index is 654. The Morgan fingerprint density at radius 2 is 2.16 bits per heavy atom. The molecule has 1 N–H and O–H groups in total. The van der Waals surface area contributed by atoms with Crippen molar-refractivity contribution < 1.29 is 13.5 Å². The van der Waals surface area contributed by atoms with E-state index in [-0.39, 0.29) is 5.75 Å². The van der Waals surface area contributed by atoms with E-state index >= 15 is 0 Å². The number of likely N-dealkylation sites (tertiary alicyclic amines) is 1. The first kappa shape index (κ1) is 17.5. The lowest BCUT2D eigenvalue weighted by Gasteiger charge is -2.37. The molecule has 0 unspecified atom stereocenters. The van der Waals surface area contributed by atoms with Crippen molar-refractivity contribution in [3.8, 4) is 5.75 Å². The number of halogens is 2. The highest BCUT2D eigenvalue weighted by atomic mass is 19.3. The maximum Gasteiger partial charge on any atom is 0.387 e. The second kappa shape index (κ2) is 8.20. The number of hydrogen-bond acceptors (Lipinski definition) is 5. The summed E-state index contributed by atoms with van der Waals surface area (Å²) in [5.41, 5.74) is 1.08. The third-order valence-corrected chi connectivity index (χ3v) is 4.40. The van der Waals surface area contributed by atoms with Gasteiger partial charge < -0.3 is 10.1 Å². The molecule has 1 aliphatic heterocycles. The summed E-state index contributed by atoms with van der Waals surface area (Å²) in [5.74, 6) is 1.19. The third kappa shape index (κ3) is 5.09. The molecule has 134 valence electrons. The number of ether oxygens (including phenoxy) is 1. The van der Waals surface area contributed by atoms with Crippen LogP contribution in [0.2, 0.25) is 0 Å². The monoisotopic (exact) mass is 348 g/mol. The van der Waals surface area contributed by atoms with Crippen LogP contribution in [-0.2, 0) is 6.54 Å². The van der Waals surface area contributed by atoms with Crippen molar-refractivity contribution in [1.82, 2.24) is 14.9 Å². The largest absolute Gasteiger partial charge is 0.433 e. The molecule has 0 saturated carbocycles. The maximum absolute atomic E-state index is 12.2. The van der Waals surface area contributed by atoms with Gasteiger partial charge in [-0.1, -0.05) is 13.0 Å². The first-order valence-electron chi connectivity index (χ1n) is 8.40. The Labute approximate surface area is 146 Å². The molecular weight excluding hydrogens is 326 g/mol. The van der Waals surface area contributed by atoms with Crippen LogP contribution in [0.5, 0.6) is 5.75 Å². The Morgan fingerprint density at radius 3 is 2.80 bits per heavy atom. The van der Waals surface area contributed by atoms with Crippen molar-refractivity contribution in [3.05, 3.63) is 48.4 Å². The van der Waals surface area contributed by atoms with Gasteiger partial charge >= 0.3 is 6.61 Å². The van der Waals surface area contributed by atoms with Gasteiger partial charge in [0.25, 0.3) is 0 Å². The number of piperidine rings is 1. The quantitative estimate of drug-likeness (QED) is 0.867. The number of aromatic nitrogens is 2. The van der Waals surface area contributed by atoms with Crippen LogP contribution in [0.15, 0.2) is 42.7 Å². The summed E-state index contributed by atoms with van der Waals surface area (Å²) in [7, 11) is 0. The number of anilines is 1. The van der Waals surface area contributed by atoms with E-state index in [2.05, 4.69) is 31.8 Å². The average Bonchev–Trinajstić information content (AvgIpc) is 2.59. The molecule has 1 aliphatic rings. The van der Waals surface area contributed by atoms with E-state index in [1.807, 2.05) is 24.4 Å². The van der Waals surface area contributed by atoms with Gasteiger partial charge in [-0.2, -0.15) is 8.78 Å². The van der Waals surface area contributed by atoms with Crippen LogP contribution in [0.4, 0.5) is 14.6 Å². The van der Waals surface area contributed by atoms with Crippen LogP contribution in [0.3, 0.4) is 0 Å². The Hall–Kier alpha value is -2.28. The van der Waals surface area contributed by atoms with Crippen LogP contribution in [0, 0.1) is 5.92 Å². The number of rotatable bonds is 6. The fourth-order valence-corrected chi connectivity index (χ4v) is 3.14. The summed E-state index contributed by atoms with van der Waals surface area (Å²) in [6.45, 7) is 2.18. The SMILES string of the molecule is C[C@@H]1CN(Cc2ccccn2)CC[C@H]1Nc1ccc(OC(F)F)cn1. The number of nitrogens with one attached hydrogen (secondary N) is 1. The highest BCUT2D eigenvalue weighted by molar-refractivity contribution is 5.38. The van der Waals surface area contributed by atoms with Gasteiger partial charge in [0, 0.05) is 31.9 Å². The Morgan fingerprint density at radius 1 is 1.28 bits per heavy atom.